The average Bonchev–Trinajstić information content (AvgIpc) is 2.63. The summed E-state index contributed by atoms with van der Waals surface area (Å²) in [6.45, 7) is 1.90. The van der Waals surface area contributed by atoms with E-state index in [0.29, 0.717) is 0 Å². The second-order valence-electron chi connectivity index (χ2n) is 8.84. The number of nitrogens with one attached hydrogen (secondary N) is 1. The predicted octanol–water partition coefficient (Wildman–Crippen LogP) is 4.06. The standard InChI is InChI=1S/C22H29NO4/c1-15(24)26-14-20(23-21(25)27-13-16-5-3-2-4-6-16)22-10-17-7-18(11-22)9-19(8-17)12-22/h2-6,17-20H,7-14H2,1H3,(H,23,25)/t17?,18?,19?,20-,22?/m1/s1. The lowest BCUT2D eigenvalue weighted by Crippen LogP contribution is -2.58. The largest absolute Gasteiger partial charge is 0.464 e. The Morgan fingerprint density at radius 1 is 1.04 bits per heavy atom. The molecule has 4 saturated carbocycles. The van der Waals surface area contributed by atoms with Crippen molar-refractivity contribution >= 4 is 12.1 Å². The Morgan fingerprint density at radius 3 is 2.19 bits per heavy atom. The number of rotatable bonds is 6. The second-order valence-corrected chi connectivity index (χ2v) is 8.84. The van der Waals surface area contributed by atoms with Crippen molar-refractivity contribution in [3.8, 4) is 0 Å². The Morgan fingerprint density at radius 2 is 1.63 bits per heavy atom. The van der Waals surface area contributed by atoms with Gasteiger partial charge in [-0.3, -0.25) is 4.79 Å². The molecule has 5 heteroatoms. The van der Waals surface area contributed by atoms with Crippen molar-refractivity contribution in [1.82, 2.24) is 5.32 Å². The summed E-state index contributed by atoms with van der Waals surface area (Å²) in [6, 6.07) is 9.49. The van der Waals surface area contributed by atoms with E-state index >= 15 is 0 Å². The molecule has 1 amide bonds. The maximum atomic E-state index is 12.5. The highest BCUT2D eigenvalue weighted by Gasteiger charge is 2.54. The molecule has 27 heavy (non-hydrogen) atoms. The van der Waals surface area contributed by atoms with Gasteiger partial charge in [-0.15, -0.1) is 0 Å². The van der Waals surface area contributed by atoms with Gasteiger partial charge >= 0.3 is 12.1 Å². The molecular formula is C22H29NO4. The minimum Gasteiger partial charge on any atom is -0.464 e. The molecule has 0 aliphatic heterocycles. The predicted molar refractivity (Wildman–Crippen MR) is 101 cm³/mol. The molecule has 0 unspecified atom stereocenters. The highest BCUT2D eigenvalue weighted by atomic mass is 16.6. The van der Waals surface area contributed by atoms with Gasteiger partial charge in [0.2, 0.25) is 0 Å². The Labute approximate surface area is 160 Å². The molecule has 1 atom stereocenters. The van der Waals surface area contributed by atoms with E-state index in [9.17, 15) is 9.59 Å². The fourth-order valence-corrected chi connectivity index (χ4v) is 6.08. The van der Waals surface area contributed by atoms with Gasteiger partial charge < -0.3 is 14.8 Å². The Kier molecular flexibility index (Phi) is 5.11. The second kappa shape index (κ2) is 7.53. The van der Waals surface area contributed by atoms with Crippen molar-refractivity contribution in [1.29, 1.82) is 0 Å². The number of esters is 1. The summed E-state index contributed by atoms with van der Waals surface area (Å²) in [4.78, 5) is 23.9. The number of ether oxygens (including phenoxy) is 2. The van der Waals surface area contributed by atoms with Gasteiger partial charge in [-0.1, -0.05) is 30.3 Å². The van der Waals surface area contributed by atoms with Crippen LogP contribution in [0, 0.1) is 23.2 Å². The summed E-state index contributed by atoms with van der Waals surface area (Å²) in [6.07, 6.45) is 6.96. The van der Waals surface area contributed by atoms with Crippen molar-refractivity contribution in [2.45, 2.75) is 58.1 Å². The third-order valence-electron chi connectivity index (χ3n) is 6.78. The van der Waals surface area contributed by atoms with E-state index < -0.39 is 6.09 Å². The van der Waals surface area contributed by atoms with Crippen LogP contribution in [0.4, 0.5) is 4.79 Å². The smallest absolute Gasteiger partial charge is 0.407 e. The molecule has 4 aliphatic rings. The summed E-state index contributed by atoms with van der Waals surface area (Å²) in [7, 11) is 0. The Bertz CT molecular complexity index is 652. The van der Waals surface area contributed by atoms with Gasteiger partial charge in [0.15, 0.2) is 0 Å². The number of alkyl carbamates (subject to hydrolysis) is 1. The molecule has 1 N–H and O–H groups in total. The van der Waals surface area contributed by atoms with Crippen LogP contribution in [-0.4, -0.2) is 24.7 Å². The molecule has 1 aromatic rings. The minimum absolute atomic E-state index is 0.0516. The minimum atomic E-state index is -0.424. The monoisotopic (exact) mass is 371 g/mol. The molecule has 4 aliphatic carbocycles. The SMILES string of the molecule is CC(=O)OC[C@@H](NC(=O)OCc1ccccc1)C12CC3CC(CC(C3)C1)C2. The zero-order chi connectivity index (χ0) is 18.9. The zero-order valence-corrected chi connectivity index (χ0v) is 16.0. The van der Waals surface area contributed by atoms with Crippen molar-refractivity contribution in [3.63, 3.8) is 0 Å². The fourth-order valence-electron chi connectivity index (χ4n) is 6.08. The van der Waals surface area contributed by atoms with E-state index in [-0.39, 0.29) is 30.6 Å². The van der Waals surface area contributed by atoms with E-state index in [4.69, 9.17) is 9.47 Å². The number of benzene rings is 1. The Balaban J connectivity index is 1.43. The van der Waals surface area contributed by atoms with Crippen molar-refractivity contribution in [3.05, 3.63) is 35.9 Å². The van der Waals surface area contributed by atoms with E-state index in [1.54, 1.807) is 0 Å². The number of carbonyl (C=O) groups is 2. The molecule has 146 valence electrons. The zero-order valence-electron chi connectivity index (χ0n) is 16.0. The van der Waals surface area contributed by atoms with Crippen LogP contribution >= 0.6 is 0 Å². The fraction of sp³-hybridized carbons (Fsp3) is 0.636. The van der Waals surface area contributed by atoms with Crippen LogP contribution in [0.5, 0.6) is 0 Å². The van der Waals surface area contributed by atoms with Gasteiger partial charge in [0, 0.05) is 6.92 Å². The molecule has 0 spiro atoms. The van der Waals surface area contributed by atoms with Gasteiger partial charge in [0.25, 0.3) is 0 Å². The van der Waals surface area contributed by atoms with E-state index in [1.165, 1.54) is 26.2 Å². The van der Waals surface area contributed by atoms with Crippen molar-refractivity contribution in [2.24, 2.45) is 23.2 Å². The van der Waals surface area contributed by atoms with Gasteiger partial charge in [-0.2, -0.15) is 0 Å². The van der Waals surface area contributed by atoms with Crippen LogP contribution < -0.4 is 5.32 Å². The third-order valence-corrected chi connectivity index (χ3v) is 6.78. The lowest BCUT2D eigenvalue weighted by molar-refractivity contribution is -0.145. The van der Waals surface area contributed by atoms with E-state index in [1.807, 2.05) is 30.3 Å². The maximum absolute atomic E-state index is 12.5. The molecule has 0 saturated heterocycles. The normalized spacial score (nSPS) is 32.0. The lowest BCUT2D eigenvalue weighted by Gasteiger charge is -2.59. The highest BCUT2D eigenvalue weighted by Crippen LogP contribution is 2.61. The number of hydrogen-bond donors (Lipinski definition) is 1. The topological polar surface area (TPSA) is 64.6 Å². The highest BCUT2D eigenvalue weighted by molar-refractivity contribution is 5.68. The summed E-state index contributed by atoms with van der Waals surface area (Å²) >= 11 is 0. The first-order chi connectivity index (χ1) is 13.0. The third kappa shape index (κ3) is 4.12. The van der Waals surface area contributed by atoms with Crippen LogP contribution in [0.15, 0.2) is 30.3 Å². The van der Waals surface area contributed by atoms with Crippen molar-refractivity contribution in [2.75, 3.05) is 6.61 Å². The first-order valence-corrected chi connectivity index (χ1v) is 10.1. The lowest BCUT2D eigenvalue weighted by atomic mass is 9.48. The molecule has 4 fully saturated rings. The summed E-state index contributed by atoms with van der Waals surface area (Å²) in [5.74, 6) is 1.99. The van der Waals surface area contributed by atoms with E-state index in [0.717, 1.165) is 42.6 Å². The van der Waals surface area contributed by atoms with Gasteiger partial charge in [0.05, 0.1) is 6.04 Å². The quantitative estimate of drug-likeness (QED) is 0.766. The van der Waals surface area contributed by atoms with Gasteiger partial charge in [-0.05, 0) is 67.3 Å². The van der Waals surface area contributed by atoms with Crippen LogP contribution in [0.25, 0.3) is 0 Å². The van der Waals surface area contributed by atoms with Crippen LogP contribution in [0.1, 0.15) is 51.0 Å². The maximum Gasteiger partial charge on any atom is 0.407 e. The summed E-state index contributed by atoms with van der Waals surface area (Å²) in [5.41, 5.74) is 1.01. The summed E-state index contributed by atoms with van der Waals surface area (Å²) in [5, 5.41) is 3.06. The van der Waals surface area contributed by atoms with Crippen molar-refractivity contribution < 1.29 is 19.1 Å². The van der Waals surface area contributed by atoms with E-state index in [2.05, 4.69) is 5.32 Å². The van der Waals surface area contributed by atoms with Crippen LogP contribution in [0.3, 0.4) is 0 Å². The molecule has 0 heterocycles. The average molecular weight is 371 g/mol. The molecule has 4 bridgehead atoms. The van der Waals surface area contributed by atoms with Crippen LogP contribution in [-0.2, 0) is 20.9 Å². The summed E-state index contributed by atoms with van der Waals surface area (Å²) < 4.78 is 10.8. The number of carbonyl (C=O) groups excluding carboxylic acids is 2. The molecule has 5 nitrogen and oxygen atoms in total. The number of hydrogen-bond acceptors (Lipinski definition) is 4. The van der Waals surface area contributed by atoms with Gasteiger partial charge in [0.1, 0.15) is 13.2 Å². The molecule has 0 aromatic heterocycles. The molecule has 1 aromatic carbocycles. The first kappa shape index (κ1) is 18.3. The Hall–Kier alpha value is -2.04. The molecule has 5 rings (SSSR count). The van der Waals surface area contributed by atoms with Crippen LogP contribution in [0.2, 0.25) is 0 Å². The number of amides is 1. The van der Waals surface area contributed by atoms with Gasteiger partial charge in [-0.25, -0.2) is 4.79 Å². The molecular weight excluding hydrogens is 342 g/mol. The first-order valence-electron chi connectivity index (χ1n) is 10.1. The molecule has 0 radical (unpaired) electrons.